The first kappa shape index (κ1) is 18.1. The van der Waals surface area contributed by atoms with Gasteiger partial charge in [-0.15, -0.1) is 0 Å². The third-order valence-electron chi connectivity index (χ3n) is 6.42. The molecule has 0 aromatic heterocycles. The standard InChI is InChI=1S/C22H32N2Si/c1-4-25(5-2,6-3)21-15-13-20(14-16-21)24-17-7-8-22(24)18-9-11-19(23)12-10-18/h9-16,22H,4-8,17,23H2,1-3H3/t22-/m0/s1. The smallest absolute Gasteiger partial charge is 0.0859 e. The fraction of sp³-hybridized carbons (Fsp3) is 0.455. The highest BCUT2D eigenvalue weighted by molar-refractivity contribution is 6.91. The predicted octanol–water partition coefficient (Wildman–Crippen LogP) is 5.33. The number of hydrogen-bond acceptors (Lipinski definition) is 2. The zero-order valence-corrected chi connectivity index (χ0v) is 17.0. The van der Waals surface area contributed by atoms with E-state index in [2.05, 4.69) is 62.1 Å². The average Bonchev–Trinajstić information content (AvgIpc) is 3.14. The highest BCUT2D eigenvalue weighted by Gasteiger charge is 2.30. The number of nitrogens with two attached hydrogens (primary N) is 1. The van der Waals surface area contributed by atoms with E-state index in [1.54, 1.807) is 5.19 Å². The van der Waals surface area contributed by atoms with E-state index in [9.17, 15) is 0 Å². The van der Waals surface area contributed by atoms with Crippen LogP contribution in [0.25, 0.3) is 0 Å². The zero-order valence-electron chi connectivity index (χ0n) is 16.0. The van der Waals surface area contributed by atoms with Crippen LogP contribution in [0.2, 0.25) is 18.1 Å². The van der Waals surface area contributed by atoms with Crippen molar-refractivity contribution in [3.63, 3.8) is 0 Å². The molecule has 1 atom stereocenters. The first-order valence-corrected chi connectivity index (χ1v) is 12.5. The quantitative estimate of drug-likeness (QED) is 0.563. The summed E-state index contributed by atoms with van der Waals surface area (Å²) in [6, 6.07) is 22.5. The van der Waals surface area contributed by atoms with Gasteiger partial charge < -0.3 is 10.6 Å². The Morgan fingerprint density at radius 3 is 2.08 bits per heavy atom. The molecule has 0 unspecified atom stereocenters. The van der Waals surface area contributed by atoms with Crippen LogP contribution in [0, 0.1) is 0 Å². The molecule has 3 heteroatoms. The van der Waals surface area contributed by atoms with Gasteiger partial charge in [0.15, 0.2) is 0 Å². The number of benzene rings is 2. The summed E-state index contributed by atoms with van der Waals surface area (Å²) in [5.41, 5.74) is 9.46. The molecule has 25 heavy (non-hydrogen) atoms. The molecule has 0 amide bonds. The van der Waals surface area contributed by atoms with Gasteiger partial charge >= 0.3 is 0 Å². The summed E-state index contributed by atoms with van der Waals surface area (Å²) in [5, 5.41) is 1.63. The number of nitrogen functional groups attached to an aromatic ring is 1. The van der Waals surface area contributed by atoms with Gasteiger partial charge in [-0.05, 0) is 42.7 Å². The second-order valence-electron chi connectivity index (χ2n) is 7.41. The van der Waals surface area contributed by atoms with Crippen molar-refractivity contribution in [1.82, 2.24) is 0 Å². The summed E-state index contributed by atoms with van der Waals surface area (Å²) in [6.45, 7) is 8.28. The fourth-order valence-electron chi connectivity index (χ4n) is 4.51. The maximum atomic E-state index is 5.86. The first-order chi connectivity index (χ1) is 12.1. The SMILES string of the molecule is CC[Si](CC)(CC)c1ccc(N2CCC[C@H]2c2ccc(N)cc2)cc1. The second-order valence-corrected chi connectivity index (χ2v) is 12.7. The molecule has 1 heterocycles. The molecule has 2 N–H and O–H groups in total. The van der Waals surface area contributed by atoms with Gasteiger partial charge in [-0.25, -0.2) is 0 Å². The van der Waals surface area contributed by atoms with Gasteiger partial charge in [0.2, 0.25) is 0 Å². The lowest BCUT2D eigenvalue weighted by Crippen LogP contribution is -2.45. The lowest BCUT2D eigenvalue weighted by atomic mass is 10.0. The monoisotopic (exact) mass is 352 g/mol. The van der Waals surface area contributed by atoms with Crippen molar-refractivity contribution < 1.29 is 0 Å². The molecule has 2 aromatic rings. The Labute approximate surface area is 154 Å². The summed E-state index contributed by atoms with van der Waals surface area (Å²) < 4.78 is 0. The van der Waals surface area contributed by atoms with Crippen LogP contribution in [0.3, 0.4) is 0 Å². The molecule has 1 saturated heterocycles. The van der Waals surface area contributed by atoms with Crippen molar-refractivity contribution in [3.8, 4) is 0 Å². The van der Waals surface area contributed by atoms with Crippen molar-refractivity contribution in [2.75, 3.05) is 17.2 Å². The molecule has 1 aliphatic heterocycles. The topological polar surface area (TPSA) is 29.3 Å². The molecule has 3 rings (SSSR count). The minimum absolute atomic E-state index is 0.483. The van der Waals surface area contributed by atoms with Gasteiger partial charge in [0.05, 0.1) is 14.1 Å². The highest BCUT2D eigenvalue weighted by atomic mass is 28.3. The van der Waals surface area contributed by atoms with Crippen molar-refractivity contribution in [1.29, 1.82) is 0 Å². The third kappa shape index (κ3) is 3.48. The first-order valence-electron chi connectivity index (χ1n) is 9.86. The average molecular weight is 353 g/mol. The Bertz CT molecular complexity index is 666. The largest absolute Gasteiger partial charge is 0.399 e. The zero-order chi connectivity index (χ0) is 17.9. The third-order valence-corrected chi connectivity index (χ3v) is 12.0. The molecular weight excluding hydrogens is 320 g/mol. The van der Waals surface area contributed by atoms with Gasteiger partial charge in [0.1, 0.15) is 0 Å². The van der Waals surface area contributed by atoms with E-state index >= 15 is 0 Å². The maximum absolute atomic E-state index is 5.86. The van der Waals surface area contributed by atoms with Crippen LogP contribution in [-0.2, 0) is 0 Å². The molecular formula is C22H32N2Si. The minimum Gasteiger partial charge on any atom is -0.399 e. The van der Waals surface area contributed by atoms with Crippen molar-refractivity contribution in [2.24, 2.45) is 0 Å². The van der Waals surface area contributed by atoms with Crippen LogP contribution < -0.4 is 15.8 Å². The molecule has 0 spiro atoms. The van der Waals surface area contributed by atoms with Crippen molar-refractivity contribution in [2.45, 2.75) is 57.8 Å². The predicted molar refractivity (Wildman–Crippen MR) is 113 cm³/mol. The van der Waals surface area contributed by atoms with Gasteiger partial charge in [0.25, 0.3) is 0 Å². The molecule has 2 nitrogen and oxygen atoms in total. The Kier molecular flexibility index (Phi) is 5.53. The van der Waals surface area contributed by atoms with Crippen molar-refractivity contribution >= 4 is 24.6 Å². The lowest BCUT2D eigenvalue weighted by molar-refractivity contribution is 0.719. The van der Waals surface area contributed by atoms with Gasteiger partial charge in [0, 0.05) is 17.9 Å². The van der Waals surface area contributed by atoms with Gasteiger partial charge in [-0.3, -0.25) is 0 Å². The minimum atomic E-state index is -1.28. The van der Waals surface area contributed by atoms with E-state index in [0.29, 0.717) is 6.04 Å². The summed E-state index contributed by atoms with van der Waals surface area (Å²) in [6.07, 6.45) is 2.48. The number of hydrogen-bond donors (Lipinski definition) is 1. The second kappa shape index (κ2) is 7.65. The highest BCUT2D eigenvalue weighted by Crippen LogP contribution is 2.36. The number of rotatable bonds is 6. The molecule has 2 aromatic carbocycles. The van der Waals surface area contributed by atoms with E-state index in [0.717, 1.165) is 12.2 Å². The van der Waals surface area contributed by atoms with E-state index in [1.807, 2.05) is 12.1 Å². The van der Waals surface area contributed by atoms with E-state index in [-0.39, 0.29) is 0 Å². The van der Waals surface area contributed by atoms with E-state index < -0.39 is 8.07 Å². The molecule has 1 aliphatic rings. The Morgan fingerprint density at radius 2 is 1.52 bits per heavy atom. The van der Waals surface area contributed by atoms with Crippen LogP contribution in [0.5, 0.6) is 0 Å². The number of anilines is 2. The molecule has 0 radical (unpaired) electrons. The molecule has 134 valence electrons. The molecule has 0 bridgehead atoms. The van der Waals surface area contributed by atoms with Gasteiger partial charge in [-0.1, -0.05) is 68.4 Å². The molecule has 0 saturated carbocycles. The van der Waals surface area contributed by atoms with Gasteiger partial charge in [-0.2, -0.15) is 0 Å². The van der Waals surface area contributed by atoms with E-state index in [4.69, 9.17) is 5.73 Å². The lowest BCUT2D eigenvalue weighted by Gasteiger charge is -2.31. The van der Waals surface area contributed by atoms with Crippen LogP contribution >= 0.6 is 0 Å². The fourth-order valence-corrected chi connectivity index (χ4v) is 8.11. The Morgan fingerprint density at radius 1 is 0.920 bits per heavy atom. The molecule has 0 aliphatic carbocycles. The maximum Gasteiger partial charge on any atom is 0.0859 e. The Hall–Kier alpha value is -1.74. The summed E-state index contributed by atoms with van der Waals surface area (Å²) in [5.74, 6) is 0. The summed E-state index contributed by atoms with van der Waals surface area (Å²) >= 11 is 0. The Balaban J connectivity index is 1.85. The summed E-state index contributed by atoms with van der Waals surface area (Å²) in [4.78, 5) is 2.57. The van der Waals surface area contributed by atoms with Crippen LogP contribution in [0.15, 0.2) is 48.5 Å². The normalized spacial score (nSPS) is 17.9. The van der Waals surface area contributed by atoms with Crippen LogP contribution in [0.1, 0.15) is 45.2 Å². The van der Waals surface area contributed by atoms with Crippen molar-refractivity contribution in [3.05, 3.63) is 54.1 Å². The summed E-state index contributed by atoms with van der Waals surface area (Å²) in [7, 11) is -1.28. The van der Waals surface area contributed by atoms with Crippen LogP contribution in [0.4, 0.5) is 11.4 Å². The molecule has 1 fully saturated rings. The van der Waals surface area contributed by atoms with E-state index in [1.165, 1.54) is 42.2 Å². The number of nitrogens with zero attached hydrogens (tertiary/aromatic N) is 1. The van der Waals surface area contributed by atoms with Crippen LogP contribution in [-0.4, -0.2) is 14.6 Å².